The summed E-state index contributed by atoms with van der Waals surface area (Å²) in [7, 11) is 0. The Balaban J connectivity index is 3.64. The molecule has 244 valence electrons. The number of amides is 2. The first-order valence-corrected chi connectivity index (χ1v) is 18.6. The molecule has 0 aliphatic rings. The molecule has 0 radical (unpaired) electrons. The van der Waals surface area contributed by atoms with Crippen molar-refractivity contribution in [3.63, 3.8) is 0 Å². The molecule has 2 N–H and O–H groups in total. The second-order valence-electron chi connectivity index (χ2n) is 13.2. The summed E-state index contributed by atoms with van der Waals surface area (Å²) in [5, 5.41) is 6.25. The van der Waals surface area contributed by atoms with Gasteiger partial charge in [-0.15, -0.1) is 0 Å². The molecule has 4 heteroatoms. The summed E-state index contributed by atoms with van der Waals surface area (Å²) in [5.74, 6) is 0.573. The second-order valence-corrected chi connectivity index (χ2v) is 13.2. The fraction of sp³-hybridized carbons (Fsp3) is 0.946. The third-order valence-corrected chi connectivity index (χ3v) is 8.69. The van der Waals surface area contributed by atoms with Gasteiger partial charge in [-0.25, -0.2) is 0 Å². The summed E-state index contributed by atoms with van der Waals surface area (Å²) in [6.07, 6.45) is 35.5. The zero-order chi connectivity index (χ0) is 30.2. The lowest BCUT2D eigenvalue weighted by Crippen LogP contribution is -2.46. The van der Waals surface area contributed by atoms with Crippen LogP contribution in [0, 0.1) is 5.92 Å². The van der Waals surface area contributed by atoms with E-state index in [1.54, 1.807) is 0 Å². The van der Waals surface area contributed by atoms with E-state index in [9.17, 15) is 9.59 Å². The van der Waals surface area contributed by atoms with Crippen molar-refractivity contribution in [3.8, 4) is 0 Å². The molecule has 0 bridgehead atoms. The lowest BCUT2D eigenvalue weighted by molar-refractivity contribution is -0.124. The van der Waals surface area contributed by atoms with E-state index in [-0.39, 0.29) is 17.9 Å². The van der Waals surface area contributed by atoms with Crippen molar-refractivity contribution in [1.29, 1.82) is 0 Å². The summed E-state index contributed by atoms with van der Waals surface area (Å²) in [4.78, 5) is 24.8. The summed E-state index contributed by atoms with van der Waals surface area (Å²) in [6.45, 7) is 9.33. The van der Waals surface area contributed by atoms with Gasteiger partial charge < -0.3 is 10.6 Å². The largest absolute Gasteiger partial charge is 0.354 e. The van der Waals surface area contributed by atoms with Crippen LogP contribution >= 0.6 is 0 Å². The summed E-state index contributed by atoms with van der Waals surface area (Å²) < 4.78 is 0. The third-order valence-electron chi connectivity index (χ3n) is 8.69. The molecular weight excluding hydrogens is 504 g/mol. The topological polar surface area (TPSA) is 58.2 Å². The molecule has 4 nitrogen and oxygen atoms in total. The molecule has 2 amide bonds. The fourth-order valence-electron chi connectivity index (χ4n) is 5.65. The molecule has 0 spiro atoms. The Morgan fingerprint density at radius 1 is 0.439 bits per heavy atom. The molecular formula is C37H74N2O2. The SMILES string of the molecule is CCCCCCCCCCCCCCCCCC(=O)N[C@@H](CNC(=O)CCCCCCCCCCCCC)C(C)C. The third kappa shape index (κ3) is 30.2. The monoisotopic (exact) mass is 579 g/mol. The van der Waals surface area contributed by atoms with E-state index in [0.29, 0.717) is 25.3 Å². The summed E-state index contributed by atoms with van der Waals surface area (Å²) >= 11 is 0. The van der Waals surface area contributed by atoms with Gasteiger partial charge in [-0.2, -0.15) is 0 Å². The van der Waals surface area contributed by atoms with Crippen LogP contribution in [0.25, 0.3) is 0 Å². The number of carbonyl (C=O) groups is 2. The summed E-state index contributed by atoms with van der Waals surface area (Å²) in [6, 6.07) is 0.0140. The Morgan fingerprint density at radius 2 is 0.732 bits per heavy atom. The minimum absolute atomic E-state index is 0.0140. The van der Waals surface area contributed by atoms with Crippen molar-refractivity contribution in [1.82, 2.24) is 10.6 Å². The van der Waals surface area contributed by atoms with Crippen molar-refractivity contribution in [2.24, 2.45) is 5.92 Å². The van der Waals surface area contributed by atoms with Gasteiger partial charge in [-0.05, 0) is 18.8 Å². The second kappa shape index (κ2) is 31.9. The van der Waals surface area contributed by atoms with E-state index in [1.807, 2.05) is 0 Å². The molecule has 0 aliphatic heterocycles. The molecule has 0 aromatic heterocycles. The highest BCUT2D eigenvalue weighted by molar-refractivity contribution is 5.77. The number of hydrogen-bond donors (Lipinski definition) is 2. The van der Waals surface area contributed by atoms with Crippen LogP contribution in [0.1, 0.15) is 207 Å². The van der Waals surface area contributed by atoms with Crippen LogP contribution in [-0.2, 0) is 9.59 Å². The maximum atomic E-state index is 12.5. The van der Waals surface area contributed by atoms with Crippen molar-refractivity contribution < 1.29 is 9.59 Å². The van der Waals surface area contributed by atoms with Crippen molar-refractivity contribution in [2.75, 3.05) is 6.54 Å². The molecule has 0 aliphatic carbocycles. The minimum Gasteiger partial charge on any atom is -0.354 e. The normalized spacial score (nSPS) is 12.1. The predicted molar refractivity (Wildman–Crippen MR) is 180 cm³/mol. The highest BCUT2D eigenvalue weighted by atomic mass is 16.2. The van der Waals surface area contributed by atoms with Gasteiger partial charge in [0.15, 0.2) is 0 Å². The van der Waals surface area contributed by atoms with Gasteiger partial charge in [0.1, 0.15) is 0 Å². The first-order valence-electron chi connectivity index (χ1n) is 18.6. The molecule has 0 rings (SSSR count). The van der Waals surface area contributed by atoms with E-state index in [2.05, 4.69) is 38.3 Å². The van der Waals surface area contributed by atoms with Gasteiger partial charge in [-0.1, -0.05) is 182 Å². The van der Waals surface area contributed by atoms with Crippen molar-refractivity contribution in [2.45, 2.75) is 214 Å². The first-order chi connectivity index (χ1) is 20.0. The van der Waals surface area contributed by atoms with Crippen LogP contribution < -0.4 is 10.6 Å². The number of rotatable bonds is 32. The maximum absolute atomic E-state index is 12.5. The molecule has 0 aromatic carbocycles. The Kier molecular flexibility index (Phi) is 31.0. The number of nitrogens with one attached hydrogen (secondary N) is 2. The molecule has 0 fully saturated rings. The zero-order valence-electron chi connectivity index (χ0n) is 28.5. The minimum atomic E-state index is 0.0140. The van der Waals surface area contributed by atoms with Gasteiger partial charge >= 0.3 is 0 Å². The summed E-state index contributed by atoms with van der Waals surface area (Å²) in [5.41, 5.74) is 0. The van der Waals surface area contributed by atoms with E-state index in [0.717, 1.165) is 25.7 Å². The molecule has 0 heterocycles. The van der Waals surface area contributed by atoms with E-state index < -0.39 is 0 Å². The van der Waals surface area contributed by atoms with Crippen LogP contribution in [0.15, 0.2) is 0 Å². The number of hydrogen-bond acceptors (Lipinski definition) is 2. The molecule has 0 aromatic rings. The highest BCUT2D eigenvalue weighted by Crippen LogP contribution is 2.14. The molecule has 1 atom stereocenters. The lowest BCUT2D eigenvalue weighted by atomic mass is 10.0. The van der Waals surface area contributed by atoms with Crippen LogP contribution in [0.2, 0.25) is 0 Å². The number of carbonyl (C=O) groups excluding carboxylic acids is 2. The van der Waals surface area contributed by atoms with Gasteiger partial charge in [0.05, 0.1) is 0 Å². The standard InChI is InChI=1S/C37H74N2O2/c1-5-7-9-11-13-15-17-18-19-20-22-24-26-28-30-32-37(41)39-35(34(3)4)33-38-36(40)31-29-27-25-23-21-16-14-12-10-8-6-2/h34-35H,5-33H2,1-4H3,(H,38,40)(H,39,41)/t35-/m0/s1. The Labute approximate surface area is 257 Å². The predicted octanol–water partition coefficient (Wildman–Crippen LogP) is 11.2. The highest BCUT2D eigenvalue weighted by Gasteiger charge is 2.17. The zero-order valence-corrected chi connectivity index (χ0v) is 28.5. The molecule has 0 saturated heterocycles. The average molecular weight is 579 g/mol. The quantitative estimate of drug-likeness (QED) is 0.0780. The van der Waals surface area contributed by atoms with Gasteiger partial charge in [-0.3, -0.25) is 9.59 Å². The lowest BCUT2D eigenvalue weighted by Gasteiger charge is -2.23. The fourth-order valence-corrected chi connectivity index (χ4v) is 5.65. The van der Waals surface area contributed by atoms with Crippen molar-refractivity contribution in [3.05, 3.63) is 0 Å². The Bertz CT molecular complexity index is 563. The van der Waals surface area contributed by atoms with Crippen LogP contribution in [-0.4, -0.2) is 24.4 Å². The maximum Gasteiger partial charge on any atom is 0.220 e. The molecule has 41 heavy (non-hydrogen) atoms. The number of unbranched alkanes of at least 4 members (excludes halogenated alkanes) is 24. The smallest absolute Gasteiger partial charge is 0.220 e. The molecule has 0 saturated carbocycles. The van der Waals surface area contributed by atoms with Gasteiger partial charge in [0, 0.05) is 25.4 Å². The van der Waals surface area contributed by atoms with Crippen LogP contribution in [0.4, 0.5) is 0 Å². The first kappa shape index (κ1) is 39.9. The van der Waals surface area contributed by atoms with E-state index in [1.165, 1.54) is 141 Å². The molecule has 0 unspecified atom stereocenters. The van der Waals surface area contributed by atoms with Crippen LogP contribution in [0.3, 0.4) is 0 Å². The van der Waals surface area contributed by atoms with Gasteiger partial charge in [0.2, 0.25) is 11.8 Å². The van der Waals surface area contributed by atoms with E-state index in [4.69, 9.17) is 0 Å². The Morgan fingerprint density at radius 3 is 1.05 bits per heavy atom. The van der Waals surface area contributed by atoms with Gasteiger partial charge in [0.25, 0.3) is 0 Å². The van der Waals surface area contributed by atoms with Crippen molar-refractivity contribution >= 4 is 11.8 Å². The Hall–Kier alpha value is -1.06. The van der Waals surface area contributed by atoms with Crippen LogP contribution in [0.5, 0.6) is 0 Å². The average Bonchev–Trinajstić information content (AvgIpc) is 2.95. The van der Waals surface area contributed by atoms with E-state index >= 15 is 0 Å².